The molecule has 1 amide bonds. The highest BCUT2D eigenvalue weighted by molar-refractivity contribution is 5.77. The van der Waals surface area contributed by atoms with Crippen LogP contribution in [-0.4, -0.2) is 34.6 Å². The predicted octanol–water partition coefficient (Wildman–Crippen LogP) is 4.04. The van der Waals surface area contributed by atoms with Gasteiger partial charge in [-0.2, -0.15) is 4.98 Å². The molecule has 6 nitrogen and oxygen atoms in total. The van der Waals surface area contributed by atoms with E-state index in [1.165, 1.54) is 0 Å². The fourth-order valence-electron chi connectivity index (χ4n) is 3.58. The average Bonchev–Trinajstić information content (AvgIpc) is 3.42. The van der Waals surface area contributed by atoms with Crippen LogP contribution in [0.1, 0.15) is 36.8 Å². The Morgan fingerprint density at radius 2 is 1.96 bits per heavy atom. The second kappa shape index (κ2) is 8.25. The Morgan fingerprint density at radius 3 is 2.71 bits per heavy atom. The molecule has 0 unspecified atom stereocenters. The maximum atomic E-state index is 12.8. The fraction of sp³-hybridized carbons (Fsp3) is 0.318. The third-order valence-electron chi connectivity index (χ3n) is 5.12. The van der Waals surface area contributed by atoms with Gasteiger partial charge in [-0.15, -0.1) is 0 Å². The van der Waals surface area contributed by atoms with Gasteiger partial charge in [-0.3, -0.25) is 4.79 Å². The van der Waals surface area contributed by atoms with Crippen LogP contribution in [0, 0.1) is 0 Å². The first-order valence-corrected chi connectivity index (χ1v) is 9.56. The molecule has 0 saturated carbocycles. The lowest BCUT2D eigenvalue weighted by molar-refractivity contribution is -0.132. The van der Waals surface area contributed by atoms with Gasteiger partial charge in [-0.05, 0) is 37.0 Å². The van der Waals surface area contributed by atoms with Gasteiger partial charge in [0.05, 0.1) is 7.11 Å². The fourth-order valence-corrected chi connectivity index (χ4v) is 3.58. The van der Waals surface area contributed by atoms with E-state index >= 15 is 0 Å². The van der Waals surface area contributed by atoms with E-state index < -0.39 is 0 Å². The number of nitrogens with zero attached hydrogens (tertiary/aromatic N) is 3. The Kier molecular flexibility index (Phi) is 5.37. The van der Waals surface area contributed by atoms with Crippen LogP contribution in [0.15, 0.2) is 59.1 Å². The zero-order valence-corrected chi connectivity index (χ0v) is 15.9. The summed E-state index contributed by atoms with van der Waals surface area (Å²) < 4.78 is 10.7. The molecule has 1 aromatic heterocycles. The number of methoxy groups -OCH3 is 1. The van der Waals surface area contributed by atoms with Crippen LogP contribution < -0.4 is 4.74 Å². The van der Waals surface area contributed by atoms with Gasteiger partial charge in [0.25, 0.3) is 0 Å². The molecule has 0 aliphatic carbocycles. The molecule has 4 rings (SSSR count). The Morgan fingerprint density at radius 1 is 1.18 bits per heavy atom. The highest BCUT2D eigenvalue weighted by Crippen LogP contribution is 2.32. The van der Waals surface area contributed by atoms with E-state index in [1.54, 1.807) is 7.11 Å². The van der Waals surface area contributed by atoms with E-state index in [4.69, 9.17) is 9.26 Å². The van der Waals surface area contributed by atoms with Crippen molar-refractivity contribution in [3.8, 4) is 17.1 Å². The number of carbonyl (C=O) groups is 1. The van der Waals surface area contributed by atoms with Gasteiger partial charge in [-0.1, -0.05) is 47.6 Å². The SMILES string of the molecule is COc1ccc(CCC(=O)N2CCC[C@@H]2c2nc(-c3ccccc3)no2)cc1. The van der Waals surface area contributed by atoms with Crippen LogP contribution in [0.2, 0.25) is 0 Å². The summed E-state index contributed by atoms with van der Waals surface area (Å²) in [4.78, 5) is 19.2. The van der Waals surface area contributed by atoms with Gasteiger partial charge < -0.3 is 14.2 Å². The first kappa shape index (κ1) is 18.2. The summed E-state index contributed by atoms with van der Waals surface area (Å²) in [5.74, 6) is 2.03. The first-order valence-electron chi connectivity index (χ1n) is 9.56. The number of amides is 1. The monoisotopic (exact) mass is 377 g/mol. The molecule has 3 aromatic rings. The number of benzene rings is 2. The Labute approximate surface area is 164 Å². The molecule has 1 fully saturated rings. The average molecular weight is 377 g/mol. The van der Waals surface area contributed by atoms with Gasteiger partial charge >= 0.3 is 0 Å². The third-order valence-corrected chi connectivity index (χ3v) is 5.12. The zero-order chi connectivity index (χ0) is 19.3. The lowest BCUT2D eigenvalue weighted by Gasteiger charge is -2.21. The minimum Gasteiger partial charge on any atom is -0.497 e. The van der Waals surface area contributed by atoms with E-state index in [-0.39, 0.29) is 11.9 Å². The Hall–Kier alpha value is -3.15. The normalized spacial score (nSPS) is 16.3. The Balaban J connectivity index is 1.41. The summed E-state index contributed by atoms with van der Waals surface area (Å²) in [5.41, 5.74) is 2.03. The van der Waals surface area contributed by atoms with Crippen LogP contribution in [0.25, 0.3) is 11.4 Å². The largest absolute Gasteiger partial charge is 0.497 e. The van der Waals surface area contributed by atoms with Crippen molar-refractivity contribution in [2.24, 2.45) is 0 Å². The summed E-state index contributed by atoms with van der Waals surface area (Å²) in [5, 5.41) is 4.10. The molecule has 28 heavy (non-hydrogen) atoms. The lowest BCUT2D eigenvalue weighted by Crippen LogP contribution is -2.30. The van der Waals surface area contributed by atoms with Gasteiger partial charge in [0.1, 0.15) is 11.8 Å². The summed E-state index contributed by atoms with van der Waals surface area (Å²) >= 11 is 0. The molecule has 0 radical (unpaired) electrons. The molecule has 1 atom stereocenters. The van der Waals surface area contributed by atoms with Crippen LogP contribution in [-0.2, 0) is 11.2 Å². The van der Waals surface area contributed by atoms with Gasteiger partial charge in [0.2, 0.25) is 17.6 Å². The van der Waals surface area contributed by atoms with Crippen molar-refractivity contribution in [1.29, 1.82) is 0 Å². The van der Waals surface area contributed by atoms with Crippen LogP contribution in [0.3, 0.4) is 0 Å². The second-order valence-electron chi connectivity index (χ2n) is 6.92. The topological polar surface area (TPSA) is 68.5 Å². The van der Waals surface area contributed by atoms with Crippen molar-refractivity contribution in [1.82, 2.24) is 15.0 Å². The molecular weight excluding hydrogens is 354 g/mol. The molecule has 1 aliphatic rings. The number of ether oxygens (including phenoxy) is 1. The van der Waals surface area contributed by atoms with Crippen LogP contribution >= 0.6 is 0 Å². The van der Waals surface area contributed by atoms with Crippen LogP contribution in [0.4, 0.5) is 0 Å². The number of aromatic nitrogens is 2. The molecule has 144 valence electrons. The summed E-state index contributed by atoms with van der Waals surface area (Å²) in [6.07, 6.45) is 2.96. The maximum Gasteiger partial charge on any atom is 0.249 e. The van der Waals surface area contributed by atoms with Crippen molar-refractivity contribution in [2.45, 2.75) is 31.7 Å². The molecule has 0 bridgehead atoms. The third kappa shape index (κ3) is 3.91. The standard InChI is InChI=1S/C22H23N3O3/c1-27-18-12-9-16(10-13-18)11-14-20(26)25-15-5-8-19(25)22-23-21(24-28-22)17-6-3-2-4-7-17/h2-4,6-7,9-10,12-13,19H,5,8,11,14-15H2,1H3/t19-/m1/s1. The van der Waals surface area contributed by atoms with E-state index in [2.05, 4.69) is 10.1 Å². The Bertz CT molecular complexity index is 922. The number of hydrogen-bond acceptors (Lipinski definition) is 5. The van der Waals surface area contributed by atoms with Gasteiger partial charge in [0.15, 0.2) is 0 Å². The molecule has 2 heterocycles. The molecular formula is C22H23N3O3. The lowest BCUT2D eigenvalue weighted by atomic mass is 10.1. The molecule has 1 saturated heterocycles. The van der Waals surface area contributed by atoms with E-state index in [9.17, 15) is 4.79 Å². The smallest absolute Gasteiger partial charge is 0.249 e. The molecule has 0 spiro atoms. The minimum atomic E-state index is -0.131. The zero-order valence-electron chi connectivity index (χ0n) is 15.9. The van der Waals surface area contributed by atoms with E-state index in [0.717, 1.165) is 36.3 Å². The molecule has 1 aliphatic heterocycles. The van der Waals surface area contributed by atoms with Crippen molar-refractivity contribution >= 4 is 5.91 Å². The molecule has 2 aromatic carbocycles. The number of hydrogen-bond donors (Lipinski definition) is 0. The van der Waals surface area contributed by atoms with Crippen molar-refractivity contribution in [3.63, 3.8) is 0 Å². The highest BCUT2D eigenvalue weighted by Gasteiger charge is 2.33. The summed E-state index contributed by atoms with van der Waals surface area (Å²) in [7, 11) is 1.65. The number of aryl methyl sites for hydroxylation is 1. The van der Waals surface area contributed by atoms with Crippen LogP contribution in [0.5, 0.6) is 5.75 Å². The van der Waals surface area contributed by atoms with Gasteiger partial charge in [-0.25, -0.2) is 0 Å². The van der Waals surface area contributed by atoms with Crippen molar-refractivity contribution in [3.05, 3.63) is 66.1 Å². The quantitative estimate of drug-likeness (QED) is 0.648. The van der Waals surface area contributed by atoms with Gasteiger partial charge in [0, 0.05) is 18.5 Å². The number of carbonyl (C=O) groups excluding carboxylic acids is 1. The molecule has 6 heteroatoms. The summed E-state index contributed by atoms with van der Waals surface area (Å²) in [6.45, 7) is 0.731. The van der Waals surface area contributed by atoms with Crippen molar-refractivity contribution in [2.75, 3.05) is 13.7 Å². The van der Waals surface area contributed by atoms with E-state index in [1.807, 2.05) is 59.5 Å². The second-order valence-corrected chi connectivity index (χ2v) is 6.92. The first-order chi connectivity index (χ1) is 13.7. The number of rotatable bonds is 6. The predicted molar refractivity (Wildman–Crippen MR) is 105 cm³/mol. The summed E-state index contributed by atoms with van der Waals surface area (Å²) in [6, 6.07) is 17.4. The highest BCUT2D eigenvalue weighted by atomic mass is 16.5. The minimum absolute atomic E-state index is 0.123. The number of likely N-dealkylation sites (tertiary alicyclic amines) is 1. The molecule has 0 N–H and O–H groups in total. The maximum absolute atomic E-state index is 12.8. The van der Waals surface area contributed by atoms with E-state index in [0.29, 0.717) is 24.6 Å². The van der Waals surface area contributed by atoms with Crippen molar-refractivity contribution < 1.29 is 14.1 Å².